The number of hydrogen-bond donors (Lipinski definition) is 0. The summed E-state index contributed by atoms with van der Waals surface area (Å²) in [5.74, 6) is 0. The zero-order valence-electron chi connectivity index (χ0n) is 16.2. The summed E-state index contributed by atoms with van der Waals surface area (Å²) >= 11 is 3.50. The van der Waals surface area contributed by atoms with E-state index in [9.17, 15) is 8.42 Å². The molecule has 3 aromatic carbocycles. The number of hydrogen-bond acceptors (Lipinski definition) is 2. The lowest BCUT2D eigenvalue weighted by Gasteiger charge is -2.26. The van der Waals surface area contributed by atoms with E-state index in [4.69, 9.17) is 0 Å². The van der Waals surface area contributed by atoms with E-state index in [0.717, 1.165) is 26.7 Å². The molecule has 0 heterocycles. The number of nitrogens with zero attached hydrogens (tertiary/aromatic N) is 1. The van der Waals surface area contributed by atoms with Gasteiger partial charge in [0, 0.05) is 10.0 Å². The molecule has 0 aliphatic rings. The van der Waals surface area contributed by atoms with Gasteiger partial charge in [-0.25, -0.2) is 8.42 Å². The second-order valence-corrected chi connectivity index (χ2v) is 9.42. The van der Waals surface area contributed by atoms with Crippen LogP contribution in [0.5, 0.6) is 0 Å². The standard InChI is InChI=1S/C24H22BrNO2S/c1-4-16-26(29(27,28)22-13-10-18(2)11-14-22)24-15-12-21(25)17-23(24)19(3)20-8-6-5-7-9-20/h4-15,17H,1,3,16H2,2H3. The molecule has 0 atom stereocenters. The summed E-state index contributed by atoms with van der Waals surface area (Å²) in [6.45, 7) is 10.1. The first-order chi connectivity index (χ1) is 13.8. The number of anilines is 1. The molecule has 0 aliphatic carbocycles. The molecule has 0 saturated heterocycles. The van der Waals surface area contributed by atoms with Crippen molar-refractivity contribution in [3.05, 3.63) is 113 Å². The number of aryl methyl sites for hydroxylation is 1. The van der Waals surface area contributed by atoms with Crippen molar-refractivity contribution in [2.45, 2.75) is 11.8 Å². The molecule has 0 saturated carbocycles. The molecule has 0 aromatic heterocycles. The third-order valence-corrected chi connectivity index (χ3v) is 6.87. The van der Waals surface area contributed by atoms with Gasteiger partial charge in [0.25, 0.3) is 10.0 Å². The molecule has 148 valence electrons. The van der Waals surface area contributed by atoms with Gasteiger partial charge in [-0.15, -0.1) is 6.58 Å². The molecule has 3 nitrogen and oxygen atoms in total. The number of sulfonamides is 1. The highest BCUT2D eigenvalue weighted by atomic mass is 79.9. The Morgan fingerprint density at radius 3 is 2.31 bits per heavy atom. The minimum absolute atomic E-state index is 0.146. The Labute approximate surface area is 181 Å². The van der Waals surface area contributed by atoms with Gasteiger partial charge in [-0.05, 0) is 48.4 Å². The Bertz CT molecular complexity index is 1140. The molecule has 0 amide bonds. The fourth-order valence-electron chi connectivity index (χ4n) is 3.04. The maximum Gasteiger partial charge on any atom is 0.264 e. The summed E-state index contributed by atoms with van der Waals surface area (Å²) in [5, 5.41) is 0. The van der Waals surface area contributed by atoms with Gasteiger partial charge < -0.3 is 0 Å². The van der Waals surface area contributed by atoms with Crippen LogP contribution in [-0.2, 0) is 10.0 Å². The second kappa shape index (κ2) is 8.80. The molecular formula is C24H22BrNO2S. The predicted octanol–water partition coefficient (Wildman–Crippen LogP) is 6.20. The van der Waals surface area contributed by atoms with Crippen LogP contribution in [0, 0.1) is 6.92 Å². The van der Waals surface area contributed by atoms with E-state index < -0.39 is 10.0 Å². The van der Waals surface area contributed by atoms with E-state index in [2.05, 4.69) is 29.1 Å². The molecule has 0 N–H and O–H groups in total. The van der Waals surface area contributed by atoms with Crippen LogP contribution in [0.1, 0.15) is 16.7 Å². The van der Waals surface area contributed by atoms with Gasteiger partial charge in [-0.2, -0.15) is 0 Å². The van der Waals surface area contributed by atoms with Crippen LogP contribution in [0.15, 0.2) is 101 Å². The predicted molar refractivity (Wildman–Crippen MR) is 125 cm³/mol. The van der Waals surface area contributed by atoms with Crippen LogP contribution < -0.4 is 4.31 Å². The van der Waals surface area contributed by atoms with E-state index >= 15 is 0 Å². The first-order valence-electron chi connectivity index (χ1n) is 9.09. The van der Waals surface area contributed by atoms with E-state index in [-0.39, 0.29) is 11.4 Å². The zero-order chi connectivity index (χ0) is 21.0. The Hall–Kier alpha value is -2.63. The molecule has 0 bridgehead atoms. The number of benzene rings is 3. The molecule has 0 fully saturated rings. The van der Waals surface area contributed by atoms with Crippen molar-refractivity contribution >= 4 is 37.2 Å². The van der Waals surface area contributed by atoms with Crippen LogP contribution in [-0.4, -0.2) is 15.0 Å². The lowest BCUT2D eigenvalue weighted by atomic mass is 9.98. The molecule has 3 rings (SSSR count). The van der Waals surface area contributed by atoms with Gasteiger partial charge >= 0.3 is 0 Å². The lowest BCUT2D eigenvalue weighted by molar-refractivity contribution is 0.593. The minimum atomic E-state index is -3.78. The van der Waals surface area contributed by atoms with Crippen molar-refractivity contribution in [2.24, 2.45) is 0 Å². The van der Waals surface area contributed by atoms with Crippen LogP contribution >= 0.6 is 15.9 Å². The first-order valence-corrected chi connectivity index (χ1v) is 11.3. The van der Waals surface area contributed by atoms with Crippen molar-refractivity contribution in [3.63, 3.8) is 0 Å². The summed E-state index contributed by atoms with van der Waals surface area (Å²) in [6.07, 6.45) is 1.59. The van der Waals surface area contributed by atoms with Crippen molar-refractivity contribution in [1.82, 2.24) is 0 Å². The van der Waals surface area contributed by atoms with Crippen LogP contribution in [0.3, 0.4) is 0 Å². The van der Waals surface area contributed by atoms with Crippen LogP contribution in [0.2, 0.25) is 0 Å². The highest BCUT2D eigenvalue weighted by Crippen LogP contribution is 2.35. The maximum atomic E-state index is 13.5. The highest BCUT2D eigenvalue weighted by Gasteiger charge is 2.26. The molecule has 29 heavy (non-hydrogen) atoms. The number of rotatable bonds is 7. The highest BCUT2D eigenvalue weighted by molar-refractivity contribution is 9.10. The summed E-state index contributed by atoms with van der Waals surface area (Å²) in [5.41, 5.74) is 3.97. The molecular weight excluding hydrogens is 446 g/mol. The van der Waals surface area contributed by atoms with Crippen molar-refractivity contribution in [2.75, 3.05) is 10.8 Å². The molecule has 0 unspecified atom stereocenters. The molecule has 0 aliphatic heterocycles. The van der Waals surface area contributed by atoms with E-state index in [1.165, 1.54) is 4.31 Å². The largest absolute Gasteiger partial charge is 0.264 e. The Balaban J connectivity index is 2.17. The van der Waals surface area contributed by atoms with Gasteiger partial charge in [-0.1, -0.05) is 76.6 Å². The molecule has 0 spiro atoms. The fourth-order valence-corrected chi connectivity index (χ4v) is 4.86. The topological polar surface area (TPSA) is 37.4 Å². The average Bonchev–Trinajstić information content (AvgIpc) is 2.72. The summed E-state index contributed by atoms with van der Waals surface area (Å²) in [7, 11) is -3.78. The van der Waals surface area contributed by atoms with Crippen molar-refractivity contribution < 1.29 is 8.42 Å². The lowest BCUT2D eigenvalue weighted by Crippen LogP contribution is -2.32. The quantitative estimate of drug-likeness (QED) is 0.387. The smallest absolute Gasteiger partial charge is 0.262 e. The third kappa shape index (κ3) is 4.52. The van der Waals surface area contributed by atoms with Gasteiger partial charge in [-0.3, -0.25) is 4.31 Å². The SMILES string of the molecule is C=CCN(c1ccc(Br)cc1C(=C)c1ccccc1)S(=O)(=O)c1ccc(C)cc1. The van der Waals surface area contributed by atoms with Gasteiger partial charge in [0.05, 0.1) is 17.1 Å². The monoisotopic (exact) mass is 467 g/mol. The van der Waals surface area contributed by atoms with Crippen LogP contribution in [0.25, 0.3) is 5.57 Å². The van der Waals surface area contributed by atoms with Crippen molar-refractivity contribution in [3.8, 4) is 0 Å². The summed E-state index contributed by atoms with van der Waals surface area (Å²) in [6, 6.07) is 22.1. The minimum Gasteiger partial charge on any atom is -0.262 e. The molecule has 0 radical (unpaired) electrons. The zero-order valence-corrected chi connectivity index (χ0v) is 18.6. The summed E-state index contributed by atoms with van der Waals surface area (Å²) in [4.78, 5) is 0.240. The van der Waals surface area contributed by atoms with Gasteiger partial charge in [0.2, 0.25) is 0 Å². The normalized spacial score (nSPS) is 11.1. The van der Waals surface area contributed by atoms with E-state index in [0.29, 0.717) is 5.69 Å². The first kappa shape index (κ1) is 21.1. The second-order valence-electron chi connectivity index (χ2n) is 6.64. The van der Waals surface area contributed by atoms with Crippen molar-refractivity contribution in [1.29, 1.82) is 0 Å². The van der Waals surface area contributed by atoms with Crippen LogP contribution in [0.4, 0.5) is 5.69 Å². The molecule has 3 aromatic rings. The maximum absolute atomic E-state index is 13.5. The van der Waals surface area contributed by atoms with Gasteiger partial charge in [0.1, 0.15) is 0 Å². The molecule has 5 heteroatoms. The Kier molecular flexibility index (Phi) is 6.40. The van der Waals surface area contributed by atoms with E-state index in [1.807, 2.05) is 49.4 Å². The summed E-state index contributed by atoms with van der Waals surface area (Å²) < 4.78 is 29.2. The fraction of sp³-hybridized carbons (Fsp3) is 0.0833. The average molecular weight is 468 g/mol. The number of halogens is 1. The third-order valence-electron chi connectivity index (χ3n) is 4.58. The Morgan fingerprint density at radius 2 is 1.69 bits per heavy atom. The van der Waals surface area contributed by atoms with Gasteiger partial charge in [0.15, 0.2) is 0 Å². The van der Waals surface area contributed by atoms with E-state index in [1.54, 1.807) is 36.4 Å². The Morgan fingerprint density at radius 1 is 1.03 bits per heavy atom.